The number of nitrogens with zero attached hydrogens (tertiary/aromatic N) is 3. The molecule has 5 rings (SSSR count). The SMILES string of the molecule is O=C(Nc1c(-c2ccccc2)nc2ccccn12)c1ccc2nc(C(F)F)[nH]c2c1. The van der Waals surface area contributed by atoms with E-state index in [0.29, 0.717) is 33.8 Å². The van der Waals surface area contributed by atoms with Gasteiger partial charge in [-0.2, -0.15) is 0 Å². The van der Waals surface area contributed by atoms with Crippen molar-refractivity contribution in [3.8, 4) is 11.3 Å². The van der Waals surface area contributed by atoms with Gasteiger partial charge in [-0.05, 0) is 30.3 Å². The Bertz CT molecular complexity index is 1370. The molecule has 3 heterocycles. The van der Waals surface area contributed by atoms with Crippen molar-refractivity contribution in [2.75, 3.05) is 5.32 Å². The second-order valence-electron chi connectivity index (χ2n) is 6.71. The second-order valence-corrected chi connectivity index (χ2v) is 6.71. The largest absolute Gasteiger partial charge is 0.337 e. The molecule has 0 atom stereocenters. The molecule has 148 valence electrons. The van der Waals surface area contributed by atoms with Crippen LogP contribution >= 0.6 is 0 Å². The highest BCUT2D eigenvalue weighted by molar-refractivity contribution is 6.07. The van der Waals surface area contributed by atoms with Gasteiger partial charge in [-0.25, -0.2) is 18.7 Å². The lowest BCUT2D eigenvalue weighted by Gasteiger charge is -2.08. The number of amides is 1. The van der Waals surface area contributed by atoms with Gasteiger partial charge >= 0.3 is 0 Å². The van der Waals surface area contributed by atoms with Crippen LogP contribution in [-0.2, 0) is 0 Å². The summed E-state index contributed by atoms with van der Waals surface area (Å²) in [5, 5.41) is 2.92. The minimum absolute atomic E-state index is 0.317. The van der Waals surface area contributed by atoms with Gasteiger partial charge in [0.1, 0.15) is 17.2 Å². The highest BCUT2D eigenvalue weighted by Gasteiger charge is 2.18. The van der Waals surface area contributed by atoms with Gasteiger partial charge in [-0.15, -0.1) is 0 Å². The van der Waals surface area contributed by atoms with Crippen LogP contribution in [-0.4, -0.2) is 25.3 Å². The summed E-state index contributed by atoms with van der Waals surface area (Å²) in [7, 11) is 0. The van der Waals surface area contributed by atoms with E-state index in [1.165, 1.54) is 6.07 Å². The zero-order valence-corrected chi connectivity index (χ0v) is 15.5. The smallest absolute Gasteiger partial charge is 0.295 e. The number of H-pyrrole nitrogens is 1. The first-order chi connectivity index (χ1) is 14.6. The van der Waals surface area contributed by atoms with Gasteiger partial charge in [0.25, 0.3) is 12.3 Å². The van der Waals surface area contributed by atoms with Crippen molar-refractivity contribution in [1.29, 1.82) is 0 Å². The fraction of sp³-hybridized carbons (Fsp3) is 0.0455. The number of carbonyl (C=O) groups is 1. The second kappa shape index (κ2) is 7.07. The average molecular weight is 403 g/mol. The van der Waals surface area contributed by atoms with Crippen molar-refractivity contribution < 1.29 is 13.6 Å². The molecule has 0 unspecified atom stereocenters. The van der Waals surface area contributed by atoms with Crippen molar-refractivity contribution in [3.63, 3.8) is 0 Å². The number of hydrogen-bond acceptors (Lipinski definition) is 3. The van der Waals surface area contributed by atoms with Crippen LogP contribution in [0.3, 0.4) is 0 Å². The van der Waals surface area contributed by atoms with Crippen LogP contribution in [0.4, 0.5) is 14.6 Å². The Labute approximate surface area is 169 Å². The fourth-order valence-corrected chi connectivity index (χ4v) is 3.37. The molecule has 0 saturated carbocycles. The fourth-order valence-electron chi connectivity index (χ4n) is 3.37. The van der Waals surface area contributed by atoms with Gasteiger partial charge in [-0.3, -0.25) is 9.20 Å². The predicted octanol–water partition coefficient (Wildman–Crippen LogP) is 5.07. The lowest BCUT2D eigenvalue weighted by Crippen LogP contribution is -2.14. The molecular formula is C22H15F2N5O. The molecule has 6 nitrogen and oxygen atoms in total. The number of benzene rings is 2. The Morgan fingerprint density at radius 2 is 1.80 bits per heavy atom. The number of aromatic amines is 1. The van der Waals surface area contributed by atoms with Crippen LogP contribution in [0.25, 0.3) is 27.9 Å². The van der Waals surface area contributed by atoms with E-state index in [2.05, 4.69) is 20.3 Å². The number of imidazole rings is 2. The summed E-state index contributed by atoms with van der Waals surface area (Å²) in [4.78, 5) is 24.0. The van der Waals surface area contributed by atoms with E-state index in [0.717, 1.165) is 5.56 Å². The van der Waals surface area contributed by atoms with Gasteiger partial charge in [0.15, 0.2) is 5.82 Å². The highest BCUT2D eigenvalue weighted by Crippen LogP contribution is 2.29. The average Bonchev–Trinajstić information content (AvgIpc) is 3.36. The third kappa shape index (κ3) is 3.08. The van der Waals surface area contributed by atoms with Crippen molar-refractivity contribution in [2.45, 2.75) is 6.43 Å². The number of alkyl halides is 2. The zero-order chi connectivity index (χ0) is 20.7. The lowest BCUT2D eigenvalue weighted by molar-refractivity contribution is 0.102. The van der Waals surface area contributed by atoms with E-state index in [-0.39, 0.29) is 5.91 Å². The molecule has 0 aliphatic rings. The molecule has 0 aliphatic carbocycles. The molecule has 8 heteroatoms. The van der Waals surface area contributed by atoms with Crippen LogP contribution in [0.15, 0.2) is 72.9 Å². The quantitative estimate of drug-likeness (QED) is 0.440. The third-order valence-electron chi connectivity index (χ3n) is 4.78. The molecule has 0 bridgehead atoms. The van der Waals surface area contributed by atoms with Gasteiger partial charge < -0.3 is 10.3 Å². The number of fused-ring (bicyclic) bond motifs is 2. The van der Waals surface area contributed by atoms with Gasteiger partial charge in [0.05, 0.1) is 11.0 Å². The maximum atomic E-state index is 13.0. The number of rotatable bonds is 4. The number of hydrogen-bond donors (Lipinski definition) is 2. The van der Waals surface area contributed by atoms with Crippen LogP contribution in [0.5, 0.6) is 0 Å². The summed E-state index contributed by atoms with van der Waals surface area (Å²) in [5.74, 6) is -0.275. The monoisotopic (exact) mass is 403 g/mol. The van der Waals surface area contributed by atoms with Crippen molar-refractivity contribution in [3.05, 3.63) is 84.3 Å². The number of halogens is 2. The molecule has 0 radical (unpaired) electrons. The van der Waals surface area contributed by atoms with Crippen molar-refractivity contribution >= 4 is 28.4 Å². The number of aromatic nitrogens is 4. The van der Waals surface area contributed by atoms with E-state index in [1.807, 2.05) is 54.7 Å². The van der Waals surface area contributed by atoms with Crippen molar-refractivity contribution in [2.24, 2.45) is 0 Å². The molecule has 0 aliphatic heterocycles. The third-order valence-corrected chi connectivity index (χ3v) is 4.78. The molecule has 0 spiro atoms. The summed E-state index contributed by atoms with van der Waals surface area (Å²) >= 11 is 0. The topological polar surface area (TPSA) is 75.1 Å². The van der Waals surface area contributed by atoms with Crippen LogP contribution in [0.2, 0.25) is 0 Å². The lowest BCUT2D eigenvalue weighted by atomic mass is 10.1. The van der Waals surface area contributed by atoms with Crippen molar-refractivity contribution in [1.82, 2.24) is 19.4 Å². The Balaban J connectivity index is 1.55. The maximum Gasteiger partial charge on any atom is 0.295 e. The van der Waals surface area contributed by atoms with E-state index < -0.39 is 12.2 Å². The van der Waals surface area contributed by atoms with Crippen LogP contribution < -0.4 is 5.32 Å². The molecule has 1 amide bonds. The molecule has 3 aromatic heterocycles. The normalized spacial score (nSPS) is 11.4. The highest BCUT2D eigenvalue weighted by atomic mass is 19.3. The Morgan fingerprint density at radius 1 is 1.00 bits per heavy atom. The molecule has 30 heavy (non-hydrogen) atoms. The maximum absolute atomic E-state index is 13.0. The Kier molecular flexibility index (Phi) is 4.24. The Hall–Kier alpha value is -4.07. The Morgan fingerprint density at radius 3 is 2.60 bits per heavy atom. The molecular weight excluding hydrogens is 388 g/mol. The summed E-state index contributed by atoms with van der Waals surface area (Å²) in [6, 6.07) is 19.7. The minimum atomic E-state index is -2.71. The van der Waals surface area contributed by atoms with E-state index >= 15 is 0 Å². The van der Waals surface area contributed by atoms with E-state index in [4.69, 9.17) is 0 Å². The van der Waals surface area contributed by atoms with E-state index in [9.17, 15) is 13.6 Å². The first-order valence-corrected chi connectivity index (χ1v) is 9.22. The number of anilines is 1. The molecule has 5 aromatic rings. The minimum Gasteiger partial charge on any atom is -0.337 e. The molecule has 2 N–H and O–H groups in total. The summed E-state index contributed by atoms with van der Waals surface area (Å²) in [6.45, 7) is 0. The summed E-state index contributed by atoms with van der Waals surface area (Å²) in [5.41, 5.74) is 3.26. The van der Waals surface area contributed by atoms with Crippen LogP contribution in [0, 0.1) is 0 Å². The zero-order valence-electron chi connectivity index (χ0n) is 15.5. The molecule has 2 aromatic carbocycles. The number of carbonyl (C=O) groups excluding carboxylic acids is 1. The van der Waals surface area contributed by atoms with E-state index in [1.54, 1.807) is 16.5 Å². The first kappa shape index (κ1) is 18.0. The van der Waals surface area contributed by atoms with Crippen LogP contribution in [0.1, 0.15) is 22.6 Å². The summed E-state index contributed by atoms with van der Waals surface area (Å²) in [6.07, 6.45) is -0.890. The first-order valence-electron chi connectivity index (χ1n) is 9.22. The standard InChI is InChI=1S/C22H15F2N5O/c23-19(24)20-25-15-10-9-14(12-16(15)26-20)22(30)28-21-18(13-6-2-1-3-7-13)27-17-8-4-5-11-29(17)21/h1-12,19H,(H,25,26)(H,28,30). The number of pyridine rings is 1. The van der Waals surface area contributed by atoms with Gasteiger partial charge in [0.2, 0.25) is 0 Å². The van der Waals surface area contributed by atoms with Gasteiger partial charge in [-0.1, -0.05) is 36.4 Å². The van der Waals surface area contributed by atoms with Gasteiger partial charge in [0, 0.05) is 17.3 Å². The number of nitrogens with one attached hydrogen (secondary N) is 2. The molecule has 0 fully saturated rings. The summed E-state index contributed by atoms with van der Waals surface area (Å²) < 4.78 is 27.6. The molecule has 0 saturated heterocycles. The predicted molar refractivity (Wildman–Crippen MR) is 110 cm³/mol.